The van der Waals surface area contributed by atoms with Crippen molar-refractivity contribution < 1.29 is 13.9 Å². The lowest BCUT2D eigenvalue weighted by Crippen LogP contribution is -2.14. The van der Waals surface area contributed by atoms with Gasteiger partial charge in [0.2, 0.25) is 0 Å². The number of hydrogen-bond acceptors (Lipinski definition) is 5. The fraction of sp³-hybridized carbons (Fsp3) is 0.0870. The highest BCUT2D eigenvalue weighted by Crippen LogP contribution is 2.28. The maximum absolute atomic E-state index is 13.7. The molecule has 0 aliphatic rings. The molecule has 0 fully saturated rings. The Kier molecular flexibility index (Phi) is 5.44. The Hall–Kier alpha value is -3.38. The maximum Gasteiger partial charge on any atom is 0.339 e. The maximum atomic E-state index is 13.7. The van der Waals surface area contributed by atoms with E-state index < -0.39 is 17.9 Å². The van der Waals surface area contributed by atoms with Crippen molar-refractivity contribution in [3.05, 3.63) is 107 Å². The van der Waals surface area contributed by atoms with E-state index in [-0.39, 0.29) is 0 Å². The number of halogens is 1. The fourth-order valence-corrected chi connectivity index (χ4v) is 3.71. The second-order valence-corrected chi connectivity index (χ2v) is 7.32. The first-order valence-corrected chi connectivity index (χ1v) is 9.88. The number of pyridine rings is 1. The average Bonchev–Trinajstić information content (AvgIpc) is 3.19. The predicted molar refractivity (Wildman–Crippen MR) is 110 cm³/mol. The van der Waals surface area contributed by atoms with Crippen LogP contribution in [0.15, 0.2) is 78.3 Å². The lowest BCUT2D eigenvalue weighted by molar-refractivity contribution is 0.0370. The van der Waals surface area contributed by atoms with Gasteiger partial charge in [0.05, 0.1) is 11.3 Å². The van der Waals surface area contributed by atoms with Gasteiger partial charge in [-0.05, 0) is 43.3 Å². The van der Waals surface area contributed by atoms with Crippen molar-refractivity contribution in [2.45, 2.75) is 13.0 Å². The molecule has 4 rings (SSSR count). The number of esters is 1. The van der Waals surface area contributed by atoms with E-state index in [2.05, 4.69) is 9.97 Å². The number of carbonyl (C=O) groups is 1. The van der Waals surface area contributed by atoms with Gasteiger partial charge in [-0.25, -0.2) is 14.2 Å². The lowest BCUT2D eigenvalue weighted by Gasteiger charge is -2.18. The minimum Gasteiger partial charge on any atom is -0.447 e. The summed E-state index contributed by atoms with van der Waals surface area (Å²) >= 11 is 1.55. The summed E-state index contributed by atoms with van der Waals surface area (Å²) in [6.07, 6.45) is 0.806. The van der Waals surface area contributed by atoms with Crippen molar-refractivity contribution in [2.75, 3.05) is 0 Å². The van der Waals surface area contributed by atoms with Crippen molar-refractivity contribution in [2.24, 2.45) is 0 Å². The van der Waals surface area contributed by atoms with E-state index in [4.69, 9.17) is 4.74 Å². The number of carbonyl (C=O) groups excluding carboxylic acids is 1. The number of thiazole rings is 1. The smallest absolute Gasteiger partial charge is 0.339 e. The number of rotatable bonds is 5. The zero-order valence-electron chi connectivity index (χ0n) is 15.6. The molecule has 2 heterocycles. The molecule has 0 amide bonds. The standard InChI is InChI=1S/C23H17FN2O2S/c1-15-14-29-22(26-15)16-8-10-17(11-9-16)23(27)28-21(20-7-2-3-12-25-20)18-5-4-6-19(24)13-18/h2-14,21H,1H3/t21-/m0/s1. The zero-order valence-corrected chi connectivity index (χ0v) is 16.4. The van der Waals surface area contributed by atoms with Crippen LogP contribution in [-0.4, -0.2) is 15.9 Å². The third-order valence-corrected chi connectivity index (χ3v) is 5.33. The summed E-state index contributed by atoms with van der Waals surface area (Å²) in [7, 11) is 0. The number of hydrogen-bond donors (Lipinski definition) is 0. The summed E-state index contributed by atoms with van der Waals surface area (Å²) in [5.41, 5.74) is 3.35. The van der Waals surface area contributed by atoms with Crippen molar-refractivity contribution in [3.8, 4) is 10.6 Å². The van der Waals surface area contributed by atoms with Crippen LogP contribution in [0.3, 0.4) is 0 Å². The van der Waals surface area contributed by atoms with Gasteiger partial charge in [-0.15, -0.1) is 11.3 Å². The number of ether oxygens (including phenoxy) is 1. The van der Waals surface area contributed by atoms with E-state index in [0.717, 1.165) is 16.3 Å². The summed E-state index contributed by atoms with van der Waals surface area (Å²) in [4.78, 5) is 21.5. The molecular formula is C23H17FN2O2S. The topological polar surface area (TPSA) is 52.1 Å². The van der Waals surface area contributed by atoms with Crippen molar-refractivity contribution in [1.29, 1.82) is 0 Å². The second-order valence-electron chi connectivity index (χ2n) is 6.47. The minimum absolute atomic E-state index is 0.400. The van der Waals surface area contributed by atoms with Gasteiger partial charge >= 0.3 is 5.97 Å². The molecule has 0 aliphatic carbocycles. The molecular weight excluding hydrogens is 387 g/mol. The minimum atomic E-state index is -0.805. The van der Waals surface area contributed by atoms with Crippen LogP contribution in [0.1, 0.15) is 33.4 Å². The molecule has 0 bridgehead atoms. The Labute approximate surface area is 171 Å². The molecule has 2 aromatic heterocycles. The fourth-order valence-electron chi connectivity index (χ4n) is 2.91. The highest BCUT2D eigenvalue weighted by Gasteiger charge is 2.22. The van der Waals surface area contributed by atoms with E-state index in [1.165, 1.54) is 12.1 Å². The van der Waals surface area contributed by atoms with Gasteiger partial charge in [0, 0.05) is 28.4 Å². The molecule has 4 nitrogen and oxygen atoms in total. The summed E-state index contributed by atoms with van der Waals surface area (Å²) < 4.78 is 19.5. The molecule has 0 spiro atoms. The van der Waals surface area contributed by atoms with Gasteiger partial charge in [0.25, 0.3) is 0 Å². The van der Waals surface area contributed by atoms with Crippen LogP contribution >= 0.6 is 11.3 Å². The van der Waals surface area contributed by atoms with E-state index >= 15 is 0 Å². The number of benzene rings is 2. The number of aromatic nitrogens is 2. The summed E-state index contributed by atoms with van der Waals surface area (Å²) in [5, 5.41) is 2.88. The molecule has 144 valence electrons. The molecule has 6 heteroatoms. The van der Waals surface area contributed by atoms with Crippen molar-refractivity contribution >= 4 is 17.3 Å². The largest absolute Gasteiger partial charge is 0.447 e. The van der Waals surface area contributed by atoms with Crippen LogP contribution in [-0.2, 0) is 4.74 Å². The molecule has 2 aromatic carbocycles. The van der Waals surface area contributed by atoms with Crippen LogP contribution in [0.5, 0.6) is 0 Å². The Bertz CT molecular complexity index is 1130. The van der Waals surface area contributed by atoms with Gasteiger partial charge in [-0.2, -0.15) is 0 Å². The van der Waals surface area contributed by atoms with Gasteiger partial charge in [-0.1, -0.05) is 30.3 Å². The number of aryl methyl sites for hydroxylation is 1. The second kappa shape index (κ2) is 8.32. The third kappa shape index (κ3) is 4.38. The predicted octanol–water partition coefficient (Wildman–Crippen LogP) is 5.60. The van der Waals surface area contributed by atoms with Gasteiger partial charge in [0.1, 0.15) is 10.8 Å². The third-order valence-electron chi connectivity index (χ3n) is 4.32. The zero-order chi connectivity index (χ0) is 20.2. The van der Waals surface area contributed by atoms with Crippen LogP contribution < -0.4 is 0 Å². The number of nitrogens with zero attached hydrogens (tertiary/aromatic N) is 2. The lowest BCUT2D eigenvalue weighted by atomic mass is 10.1. The van der Waals surface area contributed by atoms with E-state index in [1.54, 1.807) is 60.0 Å². The summed E-state index contributed by atoms with van der Waals surface area (Å²) in [6, 6.07) is 18.4. The van der Waals surface area contributed by atoms with Crippen LogP contribution in [0, 0.1) is 12.7 Å². The summed E-state index contributed by atoms with van der Waals surface area (Å²) in [5.74, 6) is -0.908. The van der Waals surface area contributed by atoms with Crippen molar-refractivity contribution in [1.82, 2.24) is 9.97 Å². The monoisotopic (exact) mass is 404 g/mol. The first-order chi connectivity index (χ1) is 14.1. The van der Waals surface area contributed by atoms with Gasteiger partial charge < -0.3 is 4.74 Å². The molecule has 29 heavy (non-hydrogen) atoms. The van der Waals surface area contributed by atoms with E-state index in [1.807, 2.05) is 24.4 Å². The summed E-state index contributed by atoms with van der Waals surface area (Å²) in [6.45, 7) is 1.94. The van der Waals surface area contributed by atoms with E-state index in [9.17, 15) is 9.18 Å². The first-order valence-electron chi connectivity index (χ1n) is 9.00. The highest BCUT2D eigenvalue weighted by atomic mass is 32.1. The van der Waals surface area contributed by atoms with Crippen LogP contribution in [0.25, 0.3) is 10.6 Å². The first kappa shape index (κ1) is 19.0. The molecule has 1 atom stereocenters. The van der Waals surface area contributed by atoms with Crippen LogP contribution in [0.4, 0.5) is 4.39 Å². The Morgan fingerprint density at radius 2 is 1.90 bits per heavy atom. The quantitative estimate of drug-likeness (QED) is 0.406. The normalized spacial score (nSPS) is 11.8. The molecule has 0 N–H and O–H groups in total. The molecule has 0 aliphatic heterocycles. The molecule has 0 saturated heterocycles. The van der Waals surface area contributed by atoms with E-state index in [0.29, 0.717) is 16.8 Å². The SMILES string of the molecule is Cc1csc(-c2ccc(C(=O)O[C@@H](c3cccc(F)c3)c3ccccn3)cc2)n1. The van der Waals surface area contributed by atoms with Gasteiger partial charge in [-0.3, -0.25) is 4.98 Å². The molecule has 4 aromatic rings. The Morgan fingerprint density at radius 1 is 1.07 bits per heavy atom. The molecule has 0 unspecified atom stereocenters. The van der Waals surface area contributed by atoms with Gasteiger partial charge in [0.15, 0.2) is 6.10 Å². The van der Waals surface area contributed by atoms with Crippen LogP contribution in [0.2, 0.25) is 0 Å². The molecule has 0 radical (unpaired) electrons. The Balaban J connectivity index is 1.59. The van der Waals surface area contributed by atoms with Crippen molar-refractivity contribution in [3.63, 3.8) is 0 Å². The average molecular weight is 404 g/mol. The highest BCUT2D eigenvalue weighted by molar-refractivity contribution is 7.13. The molecule has 0 saturated carbocycles. The Morgan fingerprint density at radius 3 is 2.55 bits per heavy atom.